The molecule has 8 nitrogen and oxygen atoms in total. The van der Waals surface area contributed by atoms with Crippen LogP contribution in [0.5, 0.6) is 5.75 Å². The normalized spacial score (nSPS) is 12.9. The second-order valence-electron chi connectivity index (χ2n) is 6.94. The second kappa shape index (κ2) is 9.18. The van der Waals surface area contributed by atoms with Crippen molar-refractivity contribution in [2.24, 2.45) is 0 Å². The van der Waals surface area contributed by atoms with Crippen LogP contribution in [0.2, 0.25) is 0 Å². The van der Waals surface area contributed by atoms with E-state index in [2.05, 4.69) is 20.4 Å². The minimum atomic E-state index is -2.95. The summed E-state index contributed by atoms with van der Waals surface area (Å²) >= 11 is 1.22. The Morgan fingerprint density at radius 1 is 1.16 bits per heavy atom. The summed E-state index contributed by atoms with van der Waals surface area (Å²) in [7, 11) is 0. The molecule has 2 aromatic carbocycles. The lowest BCUT2D eigenvalue weighted by molar-refractivity contribution is -0.0498. The SMILES string of the molecule is Nc1ccccc1NC(=O)c1nc2c(s1)CN(C(=O)Nc1cccc(OC(F)F)c1)CC2. The Morgan fingerprint density at radius 2 is 1.97 bits per heavy atom. The molecule has 0 unspecified atom stereocenters. The molecule has 0 aliphatic carbocycles. The van der Waals surface area contributed by atoms with Crippen molar-refractivity contribution in [3.05, 3.63) is 64.1 Å². The van der Waals surface area contributed by atoms with Crippen LogP contribution < -0.4 is 21.1 Å². The predicted octanol–water partition coefficient (Wildman–Crippen LogP) is 4.17. The first-order valence-corrected chi connectivity index (χ1v) is 10.5. The van der Waals surface area contributed by atoms with Crippen molar-refractivity contribution >= 4 is 40.3 Å². The molecule has 4 N–H and O–H groups in total. The van der Waals surface area contributed by atoms with Gasteiger partial charge in [0, 0.05) is 29.6 Å². The van der Waals surface area contributed by atoms with Gasteiger partial charge < -0.3 is 26.0 Å². The summed E-state index contributed by atoms with van der Waals surface area (Å²) in [6, 6.07) is 12.3. The number of nitrogens with one attached hydrogen (secondary N) is 2. The Labute approximate surface area is 186 Å². The van der Waals surface area contributed by atoms with Gasteiger partial charge in [0.1, 0.15) is 5.75 Å². The van der Waals surface area contributed by atoms with Gasteiger partial charge in [0.15, 0.2) is 5.01 Å². The highest BCUT2D eigenvalue weighted by Crippen LogP contribution is 2.27. The van der Waals surface area contributed by atoms with Crippen molar-refractivity contribution in [1.29, 1.82) is 0 Å². The fraction of sp³-hybridized carbons (Fsp3) is 0.190. The number of hydrogen-bond donors (Lipinski definition) is 3. The number of nitrogens with zero attached hydrogens (tertiary/aromatic N) is 2. The maximum Gasteiger partial charge on any atom is 0.387 e. The van der Waals surface area contributed by atoms with Crippen molar-refractivity contribution in [2.45, 2.75) is 19.6 Å². The molecule has 0 saturated heterocycles. The fourth-order valence-electron chi connectivity index (χ4n) is 3.21. The van der Waals surface area contributed by atoms with E-state index in [1.807, 2.05) is 0 Å². The Morgan fingerprint density at radius 3 is 2.75 bits per heavy atom. The van der Waals surface area contributed by atoms with Gasteiger partial charge in [-0.15, -0.1) is 11.3 Å². The average Bonchev–Trinajstić information content (AvgIpc) is 3.19. The third-order valence-corrected chi connectivity index (χ3v) is 5.81. The van der Waals surface area contributed by atoms with Gasteiger partial charge in [-0.25, -0.2) is 9.78 Å². The van der Waals surface area contributed by atoms with Gasteiger partial charge in [0.25, 0.3) is 5.91 Å². The molecule has 0 saturated carbocycles. The number of para-hydroxylation sites is 2. The number of carbonyl (C=O) groups is 2. The summed E-state index contributed by atoms with van der Waals surface area (Å²) in [5.74, 6) is -0.412. The molecule has 4 rings (SSSR count). The number of thiazole rings is 1. The lowest BCUT2D eigenvalue weighted by Gasteiger charge is -2.26. The van der Waals surface area contributed by atoms with Crippen molar-refractivity contribution in [1.82, 2.24) is 9.88 Å². The third kappa shape index (κ3) is 4.94. The van der Waals surface area contributed by atoms with Gasteiger partial charge in [-0.2, -0.15) is 8.78 Å². The zero-order chi connectivity index (χ0) is 22.7. The van der Waals surface area contributed by atoms with Crippen LogP contribution in [-0.2, 0) is 13.0 Å². The fourth-order valence-corrected chi connectivity index (χ4v) is 4.22. The number of fused-ring (bicyclic) bond motifs is 1. The van der Waals surface area contributed by atoms with E-state index in [0.717, 1.165) is 10.6 Å². The van der Waals surface area contributed by atoms with Gasteiger partial charge in [-0.3, -0.25) is 4.79 Å². The molecule has 3 aromatic rings. The maximum atomic E-state index is 12.6. The molecule has 0 spiro atoms. The van der Waals surface area contributed by atoms with Crippen molar-refractivity contribution < 1.29 is 23.1 Å². The van der Waals surface area contributed by atoms with Gasteiger partial charge in [0.05, 0.1) is 23.6 Å². The highest BCUT2D eigenvalue weighted by atomic mass is 32.1. The number of aromatic nitrogens is 1. The highest BCUT2D eigenvalue weighted by molar-refractivity contribution is 7.13. The van der Waals surface area contributed by atoms with Crippen LogP contribution in [0.15, 0.2) is 48.5 Å². The molecule has 0 radical (unpaired) electrons. The van der Waals surface area contributed by atoms with E-state index in [9.17, 15) is 18.4 Å². The molecule has 0 atom stereocenters. The van der Waals surface area contributed by atoms with Crippen LogP contribution in [0.4, 0.5) is 30.6 Å². The minimum absolute atomic E-state index is 0.0455. The number of nitrogen functional groups attached to an aromatic ring is 1. The first-order chi connectivity index (χ1) is 15.4. The van der Waals surface area contributed by atoms with Crippen LogP contribution in [0, 0.1) is 0 Å². The standard InChI is InChI=1S/C21H19F2N5O3S/c22-20(23)31-13-5-3-4-12(10-13)25-21(30)28-9-8-16-17(11-28)32-19(27-16)18(29)26-15-7-2-1-6-14(15)24/h1-7,10,20H,8-9,11,24H2,(H,25,30)(H,26,29). The summed E-state index contributed by atoms with van der Waals surface area (Å²) in [4.78, 5) is 32.0. The number of anilines is 3. The Balaban J connectivity index is 1.40. The van der Waals surface area contributed by atoms with Crippen LogP contribution in [0.3, 0.4) is 0 Å². The summed E-state index contributed by atoms with van der Waals surface area (Å²) in [5.41, 5.74) is 7.93. The van der Waals surface area contributed by atoms with Crippen molar-refractivity contribution in [3.63, 3.8) is 0 Å². The Hall–Kier alpha value is -3.73. The summed E-state index contributed by atoms with van der Waals surface area (Å²) in [5, 5.41) is 5.71. The molecule has 11 heteroatoms. The third-order valence-electron chi connectivity index (χ3n) is 4.73. The van der Waals surface area contributed by atoms with Gasteiger partial charge in [-0.05, 0) is 24.3 Å². The van der Waals surface area contributed by atoms with Crippen LogP contribution >= 0.6 is 11.3 Å². The van der Waals surface area contributed by atoms with Crippen LogP contribution in [0.25, 0.3) is 0 Å². The van der Waals surface area contributed by atoms with E-state index in [-0.39, 0.29) is 29.2 Å². The Kier molecular flexibility index (Phi) is 6.17. The molecule has 32 heavy (non-hydrogen) atoms. The number of nitrogens with two attached hydrogens (primary N) is 1. The molecular formula is C21H19F2N5O3S. The second-order valence-corrected chi connectivity index (χ2v) is 8.02. The number of alkyl halides is 2. The number of carbonyl (C=O) groups excluding carboxylic acids is 2. The lowest BCUT2D eigenvalue weighted by Crippen LogP contribution is -2.38. The molecule has 3 amide bonds. The Bertz CT molecular complexity index is 1150. The predicted molar refractivity (Wildman–Crippen MR) is 117 cm³/mol. The number of rotatable bonds is 5. The minimum Gasteiger partial charge on any atom is -0.435 e. The van der Waals surface area contributed by atoms with Crippen molar-refractivity contribution in [2.75, 3.05) is 22.9 Å². The van der Waals surface area contributed by atoms with Crippen LogP contribution in [0.1, 0.15) is 20.4 Å². The zero-order valence-corrected chi connectivity index (χ0v) is 17.5. The average molecular weight is 459 g/mol. The first-order valence-electron chi connectivity index (χ1n) is 9.64. The topological polar surface area (TPSA) is 110 Å². The highest BCUT2D eigenvalue weighted by Gasteiger charge is 2.26. The van der Waals surface area contributed by atoms with Gasteiger partial charge in [-0.1, -0.05) is 18.2 Å². The number of amides is 3. The smallest absolute Gasteiger partial charge is 0.387 e. The largest absolute Gasteiger partial charge is 0.435 e. The number of ether oxygens (including phenoxy) is 1. The summed E-state index contributed by atoms with van der Waals surface area (Å²) < 4.78 is 29.1. The molecule has 2 heterocycles. The van der Waals surface area contributed by atoms with E-state index in [1.165, 1.54) is 29.5 Å². The molecule has 0 fully saturated rings. The molecule has 1 aliphatic heterocycles. The van der Waals surface area contributed by atoms with Crippen LogP contribution in [-0.4, -0.2) is 35.0 Å². The molecule has 1 aromatic heterocycles. The zero-order valence-electron chi connectivity index (χ0n) is 16.7. The lowest BCUT2D eigenvalue weighted by atomic mass is 10.2. The van der Waals surface area contributed by atoms with Gasteiger partial charge in [0.2, 0.25) is 0 Å². The molecule has 1 aliphatic rings. The van der Waals surface area contributed by atoms with E-state index < -0.39 is 6.61 Å². The molecular weight excluding hydrogens is 440 g/mol. The first kappa shape index (κ1) is 21.5. The van der Waals surface area contributed by atoms with Gasteiger partial charge >= 0.3 is 12.6 Å². The summed E-state index contributed by atoms with van der Waals surface area (Å²) in [6.45, 7) is -2.26. The molecule has 0 bridgehead atoms. The van der Waals surface area contributed by atoms with E-state index >= 15 is 0 Å². The van der Waals surface area contributed by atoms with E-state index in [0.29, 0.717) is 30.0 Å². The summed E-state index contributed by atoms with van der Waals surface area (Å²) in [6.07, 6.45) is 0.495. The number of benzene rings is 2. The number of halogens is 2. The monoisotopic (exact) mass is 459 g/mol. The van der Waals surface area contributed by atoms with Crippen molar-refractivity contribution in [3.8, 4) is 5.75 Å². The number of urea groups is 1. The molecule has 166 valence electrons. The quantitative estimate of drug-likeness (QED) is 0.496. The van der Waals surface area contributed by atoms with E-state index in [4.69, 9.17) is 5.73 Å². The maximum absolute atomic E-state index is 12.6. The number of hydrogen-bond acceptors (Lipinski definition) is 6. The van der Waals surface area contributed by atoms with E-state index in [1.54, 1.807) is 35.2 Å².